The van der Waals surface area contributed by atoms with Gasteiger partial charge in [-0.3, -0.25) is 9.36 Å². The van der Waals surface area contributed by atoms with Crippen molar-refractivity contribution in [2.45, 2.75) is 5.75 Å². The van der Waals surface area contributed by atoms with Gasteiger partial charge < -0.3 is 5.11 Å². The third kappa shape index (κ3) is 2.90. The van der Waals surface area contributed by atoms with Crippen molar-refractivity contribution < 1.29 is 9.90 Å². The van der Waals surface area contributed by atoms with E-state index in [1.165, 1.54) is 11.8 Å². The molecule has 21 heavy (non-hydrogen) atoms. The van der Waals surface area contributed by atoms with E-state index >= 15 is 0 Å². The van der Waals surface area contributed by atoms with Crippen LogP contribution in [0.15, 0.2) is 48.7 Å². The Hall–Kier alpha value is -2.34. The minimum absolute atomic E-state index is 0.0609. The van der Waals surface area contributed by atoms with Crippen LogP contribution in [0, 0.1) is 0 Å². The van der Waals surface area contributed by atoms with E-state index in [1.54, 1.807) is 6.20 Å². The first-order chi connectivity index (χ1) is 10.3. The van der Waals surface area contributed by atoms with Crippen LogP contribution in [0.1, 0.15) is 5.82 Å². The molecule has 1 aromatic carbocycles. The molecule has 3 aromatic rings. The number of thioether (sulfide) groups is 1. The lowest BCUT2D eigenvalue weighted by molar-refractivity contribution is -0.133. The maximum absolute atomic E-state index is 10.7. The maximum atomic E-state index is 10.7. The summed E-state index contributed by atoms with van der Waals surface area (Å²) in [5.74, 6) is 0.574. The van der Waals surface area contributed by atoms with E-state index in [2.05, 4.69) is 9.97 Å². The van der Waals surface area contributed by atoms with Crippen LogP contribution in [0.4, 0.5) is 0 Å². The van der Waals surface area contributed by atoms with Gasteiger partial charge in [0.25, 0.3) is 0 Å². The van der Waals surface area contributed by atoms with Crippen molar-refractivity contribution in [1.82, 2.24) is 14.5 Å². The summed E-state index contributed by atoms with van der Waals surface area (Å²) >= 11 is 1.33. The van der Waals surface area contributed by atoms with Crippen molar-refractivity contribution >= 4 is 28.9 Å². The molecule has 2 aromatic heterocycles. The lowest BCUT2D eigenvalue weighted by Crippen LogP contribution is -2.03. The average Bonchev–Trinajstić information content (AvgIpc) is 2.86. The number of aliphatic carboxylic acids is 1. The van der Waals surface area contributed by atoms with Gasteiger partial charge in [-0.15, -0.1) is 11.8 Å². The second kappa shape index (κ2) is 5.97. The molecule has 0 spiro atoms. The third-order valence-corrected chi connectivity index (χ3v) is 3.87. The SMILES string of the molecule is O=C(O)CSCc1nc2cccnc2n1-c1ccccc1. The number of para-hydroxylation sites is 1. The first-order valence-corrected chi connectivity index (χ1v) is 7.58. The summed E-state index contributed by atoms with van der Waals surface area (Å²) in [7, 11) is 0. The Balaban J connectivity index is 2.04. The summed E-state index contributed by atoms with van der Waals surface area (Å²) in [4.78, 5) is 19.6. The molecule has 106 valence electrons. The summed E-state index contributed by atoms with van der Waals surface area (Å²) in [5, 5.41) is 8.76. The van der Waals surface area contributed by atoms with Crippen LogP contribution in [-0.4, -0.2) is 31.4 Å². The highest BCUT2D eigenvalue weighted by molar-refractivity contribution is 7.99. The number of aromatic nitrogens is 3. The Kier molecular flexibility index (Phi) is 3.87. The molecule has 0 bridgehead atoms. The number of carboxylic acid groups (broad SMARTS) is 1. The van der Waals surface area contributed by atoms with Gasteiger partial charge in [-0.1, -0.05) is 18.2 Å². The summed E-state index contributed by atoms with van der Waals surface area (Å²) in [5.41, 5.74) is 2.58. The molecule has 0 atom stereocenters. The van der Waals surface area contributed by atoms with Gasteiger partial charge in [0.15, 0.2) is 5.65 Å². The number of pyridine rings is 1. The number of hydrogen-bond donors (Lipinski definition) is 1. The first-order valence-electron chi connectivity index (χ1n) is 6.43. The van der Waals surface area contributed by atoms with Crippen LogP contribution < -0.4 is 0 Å². The summed E-state index contributed by atoms with van der Waals surface area (Å²) in [6.07, 6.45) is 1.73. The Labute approximate surface area is 125 Å². The van der Waals surface area contributed by atoms with Gasteiger partial charge in [0.05, 0.1) is 11.5 Å². The fourth-order valence-electron chi connectivity index (χ4n) is 2.13. The van der Waals surface area contributed by atoms with Crippen molar-refractivity contribution in [3.05, 3.63) is 54.5 Å². The standard InChI is InChI=1S/C15H13N3O2S/c19-14(20)10-21-9-13-17-12-7-4-8-16-15(12)18(13)11-5-2-1-3-6-11/h1-8H,9-10H2,(H,19,20). The van der Waals surface area contributed by atoms with E-state index < -0.39 is 5.97 Å². The lowest BCUT2D eigenvalue weighted by Gasteiger charge is -2.07. The molecule has 5 nitrogen and oxygen atoms in total. The van der Waals surface area contributed by atoms with Crippen molar-refractivity contribution in [2.75, 3.05) is 5.75 Å². The zero-order chi connectivity index (χ0) is 14.7. The Bertz CT molecular complexity index is 771. The van der Waals surface area contributed by atoms with E-state index in [9.17, 15) is 4.79 Å². The maximum Gasteiger partial charge on any atom is 0.313 e. The molecule has 0 amide bonds. The van der Waals surface area contributed by atoms with Gasteiger partial charge in [0, 0.05) is 11.9 Å². The Morgan fingerprint density at radius 2 is 2.00 bits per heavy atom. The second-order valence-corrected chi connectivity index (χ2v) is 5.42. The topological polar surface area (TPSA) is 68.0 Å². The molecule has 0 unspecified atom stereocenters. The number of carbonyl (C=O) groups is 1. The van der Waals surface area contributed by atoms with Gasteiger partial charge in [0.1, 0.15) is 11.3 Å². The van der Waals surface area contributed by atoms with Crippen LogP contribution >= 0.6 is 11.8 Å². The van der Waals surface area contributed by atoms with Gasteiger partial charge in [-0.25, -0.2) is 9.97 Å². The van der Waals surface area contributed by atoms with Crippen molar-refractivity contribution in [3.8, 4) is 5.69 Å². The molecular weight excluding hydrogens is 286 g/mol. The molecular formula is C15H13N3O2S. The van der Waals surface area contributed by atoms with E-state index in [4.69, 9.17) is 5.11 Å². The number of hydrogen-bond acceptors (Lipinski definition) is 4. The predicted octanol–water partition coefficient (Wildman–Crippen LogP) is 2.74. The molecule has 0 aliphatic carbocycles. The van der Waals surface area contributed by atoms with Crippen LogP contribution in [0.2, 0.25) is 0 Å². The zero-order valence-corrected chi connectivity index (χ0v) is 12.0. The van der Waals surface area contributed by atoms with E-state index in [0.717, 1.165) is 22.7 Å². The lowest BCUT2D eigenvalue weighted by atomic mass is 10.3. The van der Waals surface area contributed by atoms with E-state index in [-0.39, 0.29) is 5.75 Å². The summed E-state index contributed by atoms with van der Waals surface area (Å²) < 4.78 is 1.98. The smallest absolute Gasteiger partial charge is 0.313 e. The van der Waals surface area contributed by atoms with Gasteiger partial charge in [0.2, 0.25) is 0 Å². The minimum atomic E-state index is -0.819. The van der Waals surface area contributed by atoms with Crippen LogP contribution in [-0.2, 0) is 10.5 Å². The quantitative estimate of drug-likeness (QED) is 0.784. The number of rotatable bonds is 5. The van der Waals surface area contributed by atoms with Crippen molar-refractivity contribution in [1.29, 1.82) is 0 Å². The monoisotopic (exact) mass is 299 g/mol. The summed E-state index contributed by atoms with van der Waals surface area (Å²) in [6, 6.07) is 13.6. The normalized spacial score (nSPS) is 10.9. The molecule has 2 heterocycles. The number of fused-ring (bicyclic) bond motifs is 1. The third-order valence-electron chi connectivity index (χ3n) is 2.96. The second-order valence-electron chi connectivity index (χ2n) is 4.43. The predicted molar refractivity (Wildman–Crippen MR) is 82.7 cm³/mol. The first kappa shape index (κ1) is 13.6. The van der Waals surface area contributed by atoms with E-state index in [0.29, 0.717) is 5.75 Å². The summed E-state index contributed by atoms with van der Waals surface area (Å²) in [6.45, 7) is 0. The largest absolute Gasteiger partial charge is 0.481 e. The highest BCUT2D eigenvalue weighted by Gasteiger charge is 2.13. The van der Waals surface area contributed by atoms with Gasteiger partial charge >= 0.3 is 5.97 Å². The zero-order valence-electron chi connectivity index (χ0n) is 11.1. The van der Waals surface area contributed by atoms with Gasteiger partial charge in [-0.2, -0.15) is 0 Å². The van der Waals surface area contributed by atoms with Crippen molar-refractivity contribution in [2.24, 2.45) is 0 Å². The highest BCUT2D eigenvalue weighted by atomic mass is 32.2. The molecule has 0 saturated carbocycles. The molecule has 1 N–H and O–H groups in total. The molecule has 0 aliphatic rings. The Morgan fingerprint density at radius 3 is 2.76 bits per heavy atom. The minimum Gasteiger partial charge on any atom is -0.481 e. The molecule has 0 fully saturated rings. The van der Waals surface area contributed by atoms with Crippen LogP contribution in [0.5, 0.6) is 0 Å². The Morgan fingerprint density at radius 1 is 1.19 bits per heavy atom. The fraction of sp³-hybridized carbons (Fsp3) is 0.133. The molecule has 6 heteroatoms. The molecule has 3 rings (SSSR count). The number of carboxylic acids is 1. The number of nitrogens with zero attached hydrogens (tertiary/aromatic N) is 3. The molecule has 0 aliphatic heterocycles. The molecule has 0 radical (unpaired) electrons. The van der Waals surface area contributed by atoms with E-state index in [1.807, 2.05) is 47.0 Å². The number of imidazole rings is 1. The van der Waals surface area contributed by atoms with Crippen LogP contribution in [0.3, 0.4) is 0 Å². The molecule has 0 saturated heterocycles. The van der Waals surface area contributed by atoms with Crippen LogP contribution in [0.25, 0.3) is 16.9 Å². The van der Waals surface area contributed by atoms with Crippen molar-refractivity contribution in [3.63, 3.8) is 0 Å². The fourth-order valence-corrected chi connectivity index (χ4v) is 2.79. The number of benzene rings is 1. The highest BCUT2D eigenvalue weighted by Crippen LogP contribution is 2.22. The van der Waals surface area contributed by atoms with Gasteiger partial charge in [-0.05, 0) is 24.3 Å². The average molecular weight is 299 g/mol.